The van der Waals surface area contributed by atoms with Crippen LogP contribution in [-0.4, -0.2) is 51.1 Å². The van der Waals surface area contributed by atoms with Gasteiger partial charge in [0.25, 0.3) is 0 Å². The van der Waals surface area contributed by atoms with Crippen LogP contribution in [0.15, 0.2) is 0 Å². The van der Waals surface area contributed by atoms with Gasteiger partial charge in [-0.25, -0.2) is 0 Å². The highest BCUT2D eigenvalue weighted by Crippen LogP contribution is 2.29. The number of hydrogen-bond donors (Lipinski definition) is 4. The molecule has 0 aromatic rings. The lowest BCUT2D eigenvalue weighted by molar-refractivity contribution is -0.285. The summed E-state index contributed by atoms with van der Waals surface area (Å²) in [4.78, 5) is 0. The summed E-state index contributed by atoms with van der Waals surface area (Å²) in [5, 5.41) is 37.6. The normalized spacial score (nSPS) is 43.0. The first-order valence-corrected chi connectivity index (χ1v) is 5.10. The van der Waals surface area contributed by atoms with Crippen LogP contribution in [-0.2, 0) is 4.74 Å². The minimum atomic E-state index is -1.45. The van der Waals surface area contributed by atoms with Crippen LogP contribution in [0, 0.1) is 5.41 Å². The minimum absolute atomic E-state index is 0.0899. The third kappa shape index (κ3) is 3.12. The fourth-order valence-electron chi connectivity index (χ4n) is 1.70. The van der Waals surface area contributed by atoms with Crippen molar-refractivity contribution in [3.63, 3.8) is 0 Å². The lowest BCUT2D eigenvalue weighted by atomic mass is 9.84. The van der Waals surface area contributed by atoms with Crippen LogP contribution < -0.4 is 0 Å². The van der Waals surface area contributed by atoms with Crippen molar-refractivity contribution in [1.82, 2.24) is 0 Å². The quantitative estimate of drug-likeness (QED) is 0.465. The molecule has 0 bridgehead atoms. The zero-order valence-electron chi connectivity index (χ0n) is 9.29. The molecule has 0 aromatic heterocycles. The minimum Gasteiger partial charge on any atom is -0.388 e. The van der Waals surface area contributed by atoms with Crippen molar-refractivity contribution in [2.45, 2.75) is 57.9 Å². The van der Waals surface area contributed by atoms with E-state index >= 15 is 0 Å². The third-order valence-corrected chi connectivity index (χ3v) is 2.50. The second-order valence-electron chi connectivity index (χ2n) is 5.30. The molecule has 1 rings (SSSR count). The standard InChI is InChI=1S/C10H20O5/c1-10(2,3)4-5-6(11)7(12)8(13)9(14)15-5/h5-9,11-14H,4H2,1-3H3/t5?,6-,7-,8?,9-/m1/s1. The highest BCUT2D eigenvalue weighted by Gasteiger charge is 2.43. The summed E-state index contributed by atoms with van der Waals surface area (Å²) in [6, 6.07) is 0. The molecule has 1 heterocycles. The lowest BCUT2D eigenvalue weighted by Crippen LogP contribution is -2.58. The topological polar surface area (TPSA) is 90.2 Å². The Hall–Kier alpha value is -0.200. The molecule has 0 radical (unpaired) electrons. The van der Waals surface area contributed by atoms with Crippen LogP contribution in [0.1, 0.15) is 27.2 Å². The molecule has 5 heteroatoms. The van der Waals surface area contributed by atoms with Gasteiger partial charge in [0.05, 0.1) is 6.10 Å². The number of aliphatic hydroxyl groups is 4. The molecule has 15 heavy (non-hydrogen) atoms. The van der Waals surface area contributed by atoms with E-state index in [0.717, 1.165) is 0 Å². The molecule has 1 aliphatic heterocycles. The molecule has 90 valence electrons. The van der Waals surface area contributed by atoms with E-state index in [1.165, 1.54) is 0 Å². The summed E-state index contributed by atoms with van der Waals surface area (Å²) in [6.45, 7) is 5.90. The number of ether oxygens (including phenoxy) is 1. The van der Waals surface area contributed by atoms with Crippen molar-refractivity contribution >= 4 is 0 Å². The molecule has 5 nitrogen and oxygen atoms in total. The molecule has 2 unspecified atom stereocenters. The first-order chi connectivity index (χ1) is 6.72. The number of rotatable bonds is 1. The van der Waals surface area contributed by atoms with E-state index in [1.54, 1.807) is 0 Å². The van der Waals surface area contributed by atoms with Crippen LogP contribution in [0.4, 0.5) is 0 Å². The van der Waals surface area contributed by atoms with Gasteiger partial charge in [-0.2, -0.15) is 0 Å². The van der Waals surface area contributed by atoms with Crippen molar-refractivity contribution in [3.05, 3.63) is 0 Å². The van der Waals surface area contributed by atoms with Crippen LogP contribution in [0.2, 0.25) is 0 Å². The Morgan fingerprint density at radius 3 is 1.93 bits per heavy atom. The van der Waals surface area contributed by atoms with E-state index in [2.05, 4.69) is 0 Å². The molecule has 1 aliphatic rings. The Labute approximate surface area is 89.3 Å². The third-order valence-electron chi connectivity index (χ3n) is 2.50. The van der Waals surface area contributed by atoms with E-state index in [9.17, 15) is 20.4 Å². The zero-order chi connectivity index (χ0) is 11.8. The average Bonchev–Trinajstić information content (AvgIpc) is 2.08. The van der Waals surface area contributed by atoms with Gasteiger partial charge in [0.1, 0.15) is 18.3 Å². The molecular formula is C10H20O5. The smallest absolute Gasteiger partial charge is 0.183 e. The van der Waals surface area contributed by atoms with Crippen LogP contribution in [0.5, 0.6) is 0 Å². The molecular weight excluding hydrogens is 200 g/mol. The van der Waals surface area contributed by atoms with Gasteiger partial charge in [-0.15, -0.1) is 0 Å². The van der Waals surface area contributed by atoms with E-state index in [4.69, 9.17) is 4.74 Å². The highest BCUT2D eigenvalue weighted by molar-refractivity contribution is 4.90. The van der Waals surface area contributed by atoms with Gasteiger partial charge in [0, 0.05) is 0 Å². The van der Waals surface area contributed by atoms with E-state index in [1.807, 2.05) is 20.8 Å². The maximum absolute atomic E-state index is 9.64. The Kier molecular flexibility index (Phi) is 3.73. The molecule has 1 saturated heterocycles. The maximum Gasteiger partial charge on any atom is 0.183 e. The van der Waals surface area contributed by atoms with Crippen molar-refractivity contribution in [1.29, 1.82) is 0 Å². The summed E-state index contributed by atoms with van der Waals surface area (Å²) in [7, 11) is 0. The highest BCUT2D eigenvalue weighted by atomic mass is 16.6. The lowest BCUT2D eigenvalue weighted by Gasteiger charge is -2.40. The molecule has 4 N–H and O–H groups in total. The summed E-state index contributed by atoms with van der Waals surface area (Å²) in [5.74, 6) is 0. The molecule has 0 saturated carbocycles. The van der Waals surface area contributed by atoms with E-state index < -0.39 is 30.7 Å². The van der Waals surface area contributed by atoms with Gasteiger partial charge in [-0.3, -0.25) is 0 Å². The van der Waals surface area contributed by atoms with Crippen molar-refractivity contribution in [2.75, 3.05) is 0 Å². The van der Waals surface area contributed by atoms with Gasteiger partial charge < -0.3 is 25.2 Å². The Balaban J connectivity index is 2.67. The fourth-order valence-corrected chi connectivity index (χ4v) is 1.70. The molecule has 0 aromatic carbocycles. The van der Waals surface area contributed by atoms with Crippen LogP contribution in [0.25, 0.3) is 0 Å². The Morgan fingerprint density at radius 2 is 1.47 bits per heavy atom. The van der Waals surface area contributed by atoms with Crippen LogP contribution >= 0.6 is 0 Å². The van der Waals surface area contributed by atoms with Gasteiger partial charge in [-0.1, -0.05) is 20.8 Å². The number of aliphatic hydroxyl groups excluding tert-OH is 4. The van der Waals surface area contributed by atoms with E-state index in [0.29, 0.717) is 6.42 Å². The molecule has 1 fully saturated rings. The SMILES string of the molecule is CC(C)(C)CC1O[C@@H](O)C(O)[C@H](O)[C@@H]1O. The molecule has 0 spiro atoms. The predicted octanol–water partition coefficient (Wildman–Crippen LogP) is -0.778. The van der Waals surface area contributed by atoms with Gasteiger partial charge in [-0.05, 0) is 11.8 Å². The fraction of sp³-hybridized carbons (Fsp3) is 1.00. The van der Waals surface area contributed by atoms with Gasteiger partial charge >= 0.3 is 0 Å². The summed E-state index contributed by atoms with van der Waals surface area (Å²) in [6.07, 6.45) is -5.57. The van der Waals surface area contributed by atoms with Gasteiger partial charge in [0.2, 0.25) is 0 Å². The average molecular weight is 220 g/mol. The van der Waals surface area contributed by atoms with Crippen molar-refractivity contribution in [3.8, 4) is 0 Å². The molecule has 0 aliphatic carbocycles. The first kappa shape index (κ1) is 12.9. The molecule has 0 amide bonds. The monoisotopic (exact) mass is 220 g/mol. The number of hydrogen-bond acceptors (Lipinski definition) is 5. The second kappa shape index (κ2) is 4.35. The Bertz CT molecular complexity index is 212. The Morgan fingerprint density at radius 1 is 0.933 bits per heavy atom. The van der Waals surface area contributed by atoms with Crippen molar-refractivity contribution < 1.29 is 25.2 Å². The second-order valence-corrected chi connectivity index (χ2v) is 5.30. The van der Waals surface area contributed by atoms with Crippen molar-refractivity contribution in [2.24, 2.45) is 5.41 Å². The largest absolute Gasteiger partial charge is 0.388 e. The van der Waals surface area contributed by atoms with Crippen LogP contribution in [0.3, 0.4) is 0 Å². The predicted molar refractivity (Wildman–Crippen MR) is 53.0 cm³/mol. The summed E-state index contributed by atoms with van der Waals surface area (Å²) >= 11 is 0. The molecule has 5 atom stereocenters. The zero-order valence-corrected chi connectivity index (χ0v) is 9.29. The first-order valence-electron chi connectivity index (χ1n) is 5.10. The van der Waals surface area contributed by atoms with E-state index in [-0.39, 0.29) is 5.41 Å². The summed E-state index contributed by atoms with van der Waals surface area (Å²) < 4.78 is 5.05. The van der Waals surface area contributed by atoms with Gasteiger partial charge in [0.15, 0.2) is 6.29 Å². The maximum atomic E-state index is 9.64. The summed E-state index contributed by atoms with van der Waals surface area (Å²) in [5.41, 5.74) is -0.0899.